The first-order valence-corrected chi connectivity index (χ1v) is 10.8. The van der Waals surface area contributed by atoms with Gasteiger partial charge in [0.15, 0.2) is 0 Å². The summed E-state index contributed by atoms with van der Waals surface area (Å²) in [7, 11) is 0. The molecule has 0 radical (unpaired) electrons. The zero-order chi connectivity index (χ0) is 24.4. The van der Waals surface area contributed by atoms with Crippen molar-refractivity contribution >= 4 is 28.3 Å². The van der Waals surface area contributed by atoms with Crippen molar-refractivity contribution in [3.05, 3.63) is 65.0 Å². The lowest BCUT2D eigenvalue weighted by Crippen LogP contribution is -2.24. The van der Waals surface area contributed by atoms with Crippen molar-refractivity contribution in [1.82, 2.24) is 0 Å². The van der Waals surface area contributed by atoms with Crippen LogP contribution >= 0.6 is 0 Å². The monoisotopic (exact) mass is 473 g/mol. The molecule has 0 fully saturated rings. The highest BCUT2D eigenvalue weighted by molar-refractivity contribution is 6.17. The second-order valence-electron chi connectivity index (χ2n) is 7.53. The molecule has 0 atom stereocenters. The maximum atomic E-state index is 15.0. The normalized spacial score (nSPS) is 12.9. The Morgan fingerprint density at radius 1 is 1.06 bits per heavy atom. The van der Waals surface area contributed by atoms with Crippen LogP contribution in [-0.2, 0) is 22.5 Å². The lowest BCUT2D eigenvalue weighted by Gasteiger charge is -2.17. The number of benzene rings is 3. The van der Waals surface area contributed by atoms with Crippen molar-refractivity contribution in [1.29, 1.82) is 0 Å². The number of nitrogens with zero attached hydrogens (tertiary/aromatic N) is 1. The number of carbonyl (C=O) groups is 2. The third-order valence-electron chi connectivity index (χ3n) is 5.45. The van der Waals surface area contributed by atoms with Crippen LogP contribution in [0.25, 0.3) is 10.8 Å². The van der Waals surface area contributed by atoms with Crippen molar-refractivity contribution in [2.75, 3.05) is 18.1 Å². The SMILES string of the molecule is CCOC(=O)Cc1ccc(N2Cc3c(c(OC(F)F)c4ccccc4c3OCC)C2=O)c(F)c1. The van der Waals surface area contributed by atoms with E-state index in [1.807, 2.05) is 0 Å². The fraction of sp³-hybridized carbons (Fsp3) is 0.280. The molecule has 4 rings (SSSR count). The Bertz CT molecular complexity index is 1260. The molecule has 3 aromatic rings. The quantitative estimate of drug-likeness (QED) is 0.419. The Kier molecular flexibility index (Phi) is 6.63. The van der Waals surface area contributed by atoms with Gasteiger partial charge in [-0.3, -0.25) is 9.59 Å². The Balaban J connectivity index is 1.80. The molecule has 1 heterocycles. The first kappa shape index (κ1) is 23.4. The number of esters is 1. The van der Waals surface area contributed by atoms with E-state index < -0.39 is 24.3 Å². The molecule has 1 aliphatic heterocycles. The van der Waals surface area contributed by atoms with Crippen LogP contribution in [0.4, 0.5) is 18.9 Å². The van der Waals surface area contributed by atoms with Crippen LogP contribution in [0, 0.1) is 5.82 Å². The van der Waals surface area contributed by atoms with Gasteiger partial charge >= 0.3 is 12.6 Å². The van der Waals surface area contributed by atoms with Gasteiger partial charge in [0, 0.05) is 16.3 Å². The summed E-state index contributed by atoms with van der Waals surface area (Å²) >= 11 is 0. The van der Waals surface area contributed by atoms with E-state index in [0.29, 0.717) is 27.6 Å². The van der Waals surface area contributed by atoms with Crippen LogP contribution < -0.4 is 14.4 Å². The van der Waals surface area contributed by atoms with E-state index in [0.717, 1.165) is 11.0 Å². The number of hydrogen-bond donors (Lipinski definition) is 0. The van der Waals surface area contributed by atoms with Gasteiger partial charge in [-0.15, -0.1) is 0 Å². The lowest BCUT2D eigenvalue weighted by molar-refractivity contribution is -0.142. The van der Waals surface area contributed by atoms with Gasteiger partial charge in [0.25, 0.3) is 5.91 Å². The van der Waals surface area contributed by atoms with Gasteiger partial charge in [0.1, 0.15) is 17.3 Å². The molecule has 0 aliphatic carbocycles. The molecule has 6 nitrogen and oxygen atoms in total. The van der Waals surface area contributed by atoms with Crippen molar-refractivity contribution in [2.24, 2.45) is 0 Å². The highest BCUT2D eigenvalue weighted by atomic mass is 19.3. The van der Waals surface area contributed by atoms with Gasteiger partial charge in [-0.25, -0.2) is 4.39 Å². The summed E-state index contributed by atoms with van der Waals surface area (Å²) in [4.78, 5) is 26.3. The van der Waals surface area contributed by atoms with Crippen LogP contribution in [0.3, 0.4) is 0 Å². The van der Waals surface area contributed by atoms with Crippen molar-refractivity contribution < 1.29 is 37.0 Å². The molecule has 0 spiro atoms. The Labute approximate surface area is 193 Å². The molecule has 0 saturated heterocycles. The van der Waals surface area contributed by atoms with Crippen LogP contribution in [-0.4, -0.2) is 31.7 Å². The van der Waals surface area contributed by atoms with Gasteiger partial charge in [0.2, 0.25) is 0 Å². The molecule has 178 valence electrons. The molecule has 0 bridgehead atoms. The van der Waals surface area contributed by atoms with Crippen LogP contribution in [0.1, 0.15) is 35.3 Å². The van der Waals surface area contributed by atoms with Crippen LogP contribution in [0.5, 0.6) is 11.5 Å². The number of halogens is 3. The lowest BCUT2D eigenvalue weighted by atomic mass is 9.99. The van der Waals surface area contributed by atoms with E-state index in [4.69, 9.17) is 14.2 Å². The molecule has 0 unspecified atom stereocenters. The Hall–Kier alpha value is -3.75. The number of fused-ring (bicyclic) bond motifs is 2. The second-order valence-corrected chi connectivity index (χ2v) is 7.53. The highest BCUT2D eigenvalue weighted by Gasteiger charge is 2.38. The zero-order valence-electron chi connectivity index (χ0n) is 18.6. The van der Waals surface area contributed by atoms with E-state index >= 15 is 4.39 Å². The number of anilines is 1. The molecule has 1 aliphatic rings. The minimum Gasteiger partial charge on any atom is -0.493 e. The number of rotatable bonds is 8. The molecule has 3 aromatic carbocycles. The topological polar surface area (TPSA) is 65.1 Å². The van der Waals surface area contributed by atoms with E-state index in [9.17, 15) is 18.4 Å². The summed E-state index contributed by atoms with van der Waals surface area (Å²) in [6.45, 7) is 0.662. The minimum atomic E-state index is -3.16. The average Bonchev–Trinajstić information content (AvgIpc) is 3.13. The van der Waals surface area contributed by atoms with Gasteiger partial charge in [-0.05, 0) is 31.5 Å². The van der Waals surface area contributed by atoms with Crippen molar-refractivity contribution in [2.45, 2.75) is 33.4 Å². The summed E-state index contributed by atoms with van der Waals surface area (Å²) in [6, 6.07) is 10.7. The van der Waals surface area contributed by atoms with Gasteiger partial charge < -0.3 is 19.1 Å². The standard InChI is InChI=1S/C25H22F3NO5/c1-3-32-20(30)12-14-9-10-19(18(26)11-14)29-13-17-21(24(29)31)23(34-25(27)28)16-8-6-5-7-15(16)22(17)33-4-2/h5-11,25H,3-4,12-13H2,1-2H3. The molecular weight excluding hydrogens is 451 g/mol. The minimum absolute atomic E-state index is 0.0525. The van der Waals surface area contributed by atoms with E-state index in [1.165, 1.54) is 12.1 Å². The summed E-state index contributed by atoms with van der Waals surface area (Å²) in [5, 5.41) is 0.809. The summed E-state index contributed by atoms with van der Waals surface area (Å²) < 4.78 is 57.1. The van der Waals surface area contributed by atoms with E-state index in [2.05, 4.69) is 0 Å². The molecule has 0 N–H and O–H groups in total. The summed E-state index contributed by atoms with van der Waals surface area (Å²) in [5.41, 5.74) is 0.586. The van der Waals surface area contributed by atoms with Crippen LogP contribution in [0.15, 0.2) is 42.5 Å². The number of amides is 1. The molecule has 0 aromatic heterocycles. The summed E-state index contributed by atoms with van der Waals surface area (Å²) in [5.74, 6) is -1.82. The molecule has 9 heteroatoms. The smallest absolute Gasteiger partial charge is 0.387 e. The molecule has 1 amide bonds. The fourth-order valence-electron chi connectivity index (χ4n) is 4.14. The van der Waals surface area contributed by atoms with Gasteiger partial charge in [-0.2, -0.15) is 8.78 Å². The van der Waals surface area contributed by atoms with Gasteiger partial charge in [0.05, 0.1) is 37.4 Å². The predicted octanol–water partition coefficient (Wildman–Crippen LogP) is 5.25. The maximum absolute atomic E-state index is 15.0. The number of alkyl halides is 2. The molecular formula is C25H22F3NO5. The zero-order valence-corrected chi connectivity index (χ0v) is 18.6. The first-order valence-electron chi connectivity index (χ1n) is 10.8. The fourth-order valence-corrected chi connectivity index (χ4v) is 4.14. The number of ether oxygens (including phenoxy) is 3. The Morgan fingerprint density at radius 3 is 2.38 bits per heavy atom. The molecule has 0 saturated carbocycles. The predicted molar refractivity (Wildman–Crippen MR) is 119 cm³/mol. The third-order valence-corrected chi connectivity index (χ3v) is 5.45. The first-order chi connectivity index (χ1) is 16.3. The average molecular weight is 473 g/mol. The Morgan fingerprint density at radius 2 is 1.76 bits per heavy atom. The van der Waals surface area contributed by atoms with E-state index in [-0.39, 0.29) is 43.2 Å². The number of hydrogen-bond acceptors (Lipinski definition) is 5. The maximum Gasteiger partial charge on any atom is 0.387 e. The summed E-state index contributed by atoms with van der Waals surface area (Å²) in [6.07, 6.45) is -0.120. The highest BCUT2D eigenvalue weighted by Crippen LogP contribution is 2.46. The van der Waals surface area contributed by atoms with Gasteiger partial charge in [-0.1, -0.05) is 30.3 Å². The second kappa shape index (κ2) is 9.62. The largest absolute Gasteiger partial charge is 0.493 e. The van der Waals surface area contributed by atoms with Crippen molar-refractivity contribution in [3.8, 4) is 11.5 Å². The van der Waals surface area contributed by atoms with Crippen LogP contribution in [0.2, 0.25) is 0 Å². The third kappa shape index (κ3) is 4.25. The van der Waals surface area contributed by atoms with Crippen molar-refractivity contribution in [3.63, 3.8) is 0 Å². The number of carbonyl (C=O) groups excluding carboxylic acids is 2. The van der Waals surface area contributed by atoms with E-state index in [1.54, 1.807) is 38.1 Å². The molecule has 34 heavy (non-hydrogen) atoms.